The lowest BCUT2D eigenvalue weighted by atomic mass is 10.3. The minimum atomic E-state index is 0.0835. The second-order valence-corrected chi connectivity index (χ2v) is 5.18. The van der Waals surface area contributed by atoms with Gasteiger partial charge in [0.15, 0.2) is 0 Å². The van der Waals surface area contributed by atoms with E-state index in [9.17, 15) is 0 Å². The molecular formula is C13H24ClN3O. The van der Waals surface area contributed by atoms with Gasteiger partial charge in [0, 0.05) is 25.9 Å². The van der Waals surface area contributed by atoms with Gasteiger partial charge in [0.1, 0.15) is 0 Å². The lowest BCUT2D eigenvalue weighted by molar-refractivity contribution is 0.195. The van der Waals surface area contributed by atoms with E-state index in [-0.39, 0.29) is 5.38 Å². The molecule has 0 spiro atoms. The average Bonchev–Trinajstić information content (AvgIpc) is 2.83. The van der Waals surface area contributed by atoms with Gasteiger partial charge < -0.3 is 10.1 Å². The Bertz CT molecular complexity index is 330. The number of methoxy groups -OCH3 is 1. The Hall–Kier alpha value is -0.580. The van der Waals surface area contributed by atoms with Crippen LogP contribution in [0.15, 0.2) is 12.3 Å². The fourth-order valence-corrected chi connectivity index (χ4v) is 1.88. The van der Waals surface area contributed by atoms with Crippen molar-refractivity contribution in [2.45, 2.75) is 44.7 Å². The summed E-state index contributed by atoms with van der Waals surface area (Å²) in [6.07, 6.45) is 4.04. The summed E-state index contributed by atoms with van der Waals surface area (Å²) in [6.45, 7) is 6.62. The van der Waals surface area contributed by atoms with Crippen LogP contribution in [0.25, 0.3) is 0 Å². The van der Waals surface area contributed by atoms with Crippen LogP contribution in [0.1, 0.15) is 38.4 Å². The Labute approximate surface area is 115 Å². The normalized spacial score (nSPS) is 14.7. The Morgan fingerprint density at radius 3 is 3.00 bits per heavy atom. The molecule has 18 heavy (non-hydrogen) atoms. The number of hydrogen-bond donors (Lipinski definition) is 1. The molecule has 2 unspecified atom stereocenters. The Balaban J connectivity index is 2.21. The molecule has 1 rings (SSSR count). The van der Waals surface area contributed by atoms with Gasteiger partial charge in [-0.2, -0.15) is 5.10 Å². The van der Waals surface area contributed by atoms with Gasteiger partial charge >= 0.3 is 0 Å². The van der Waals surface area contributed by atoms with E-state index in [1.165, 1.54) is 0 Å². The van der Waals surface area contributed by atoms with Crippen LogP contribution in [0, 0.1) is 0 Å². The molecule has 1 N–H and O–H groups in total. The van der Waals surface area contributed by atoms with Gasteiger partial charge in [-0.1, -0.05) is 6.92 Å². The van der Waals surface area contributed by atoms with E-state index < -0.39 is 0 Å². The zero-order valence-electron chi connectivity index (χ0n) is 11.5. The summed E-state index contributed by atoms with van der Waals surface area (Å²) in [5.41, 5.74) is 1.08. The second-order valence-electron chi connectivity index (χ2n) is 4.56. The predicted molar refractivity (Wildman–Crippen MR) is 75.1 cm³/mol. The van der Waals surface area contributed by atoms with Crippen molar-refractivity contribution in [2.24, 2.45) is 0 Å². The van der Waals surface area contributed by atoms with E-state index in [0.29, 0.717) is 12.6 Å². The molecule has 0 aromatic carbocycles. The first-order chi connectivity index (χ1) is 8.67. The van der Waals surface area contributed by atoms with Gasteiger partial charge in [-0.3, -0.25) is 4.68 Å². The molecule has 1 aromatic rings. The molecule has 0 aliphatic rings. The average molecular weight is 274 g/mol. The Kier molecular flexibility index (Phi) is 7.32. The first-order valence-electron chi connectivity index (χ1n) is 6.55. The zero-order valence-corrected chi connectivity index (χ0v) is 12.3. The number of aromatic nitrogens is 2. The molecule has 0 bridgehead atoms. The Morgan fingerprint density at radius 1 is 1.56 bits per heavy atom. The number of halogens is 1. The van der Waals surface area contributed by atoms with Crippen LogP contribution < -0.4 is 5.32 Å². The van der Waals surface area contributed by atoms with Crippen LogP contribution in [-0.2, 0) is 11.3 Å². The molecule has 0 amide bonds. The Morgan fingerprint density at radius 2 is 2.33 bits per heavy atom. The number of rotatable bonds is 9. The fraction of sp³-hybridized carbons (Fsp3) is 0.769. The summed E-state index contributed by atoms with van der Waals surface area (Å²) in [4.78, 5) is 0. The van der Waals surface area contributed by atoms with Crippen molar-refractivity contribution in [3.63, 3.8) is 0 Å². The summed E-state index contributed by atoms with van der Waals surface area (Å²) in [5, 5.41) is 7.96. The van der Waals surface area contributed by atoms with E-state index in [0.717, 1.165) is 31.6 Å². The minimum absolute atomic E-state index is 0.0835. The van der Waals surface area contributed by atoms with Crippen molar-refractivity contribution in [2.75, 3.05) is 20.3 Å². The summed E-state index contributed by atoms with van der Waals surface area (Å²) in [5.74, 6) is 0. The molecule has 0 aliphatic carbocycles. The van der Waals surface area contributed by atoms with Crippen molar-refractivity contribution in [3.05, 3.63) is 18.0 Å². The highest BCUT2D eigenvalue weighted by atomic mass is 35.5. The first-order valence-corrected chi connectivity index (χ1v) is 6.98. The number of nitrogens with one attached hydrogen (secondary N) is 1. The summed E-state index contributed by atoms with van der Waals surface area (Å²) >= 11 is 6.04. The maximum atomic E-state index is 6.04. The molecule has 2 atom stereocenters. The van der Waals surface area contributed by atoms with E-state index in [1.807, 2.05) is 10.9 Å². The van der Waals surface area contributed by atoms with E-state index in [1.54, 1.807) is 7.11 Å². The van der Waals surface area contributed by atoms with Gasteiger partial charge in [0.05, 0.1) is 17.7 Å². The lowest BCUT2D eigenvalue weighted by Gasteiger charge is -2.09. The van der Waals surface area contributed by atoms with Crippen LogP contribution in [0.2, 0.25) is 0 Å². The van der Waals surface area contributed by atoms with E-state index in [2.05, 4.69) is 30.3 Å². The zero-order chi connectivity index (χ0) is 13.4. The van der Waals surface area contributed by atoms with Crippen molar-refractivity contribution >= 4 is 11.6 Å². The standard InChI is InChI=1S/C13H24ClN3O/c1-4-11(2)17-8-6-13(16-17)9-15-7-5-12(14)10-18-3/h6,8,11-12,15H,4-5,7,9-10H2,1-3H3. The number of alkyl halides is 1. The predicted octanol–water partition coefficient (Wildman–Crippen LogP) is 2.59. The third kappa shape index (κ3) is 5.38. The number of hydrogen-bond acceptors (Lipinski definition) is 3. The van der Waals surface area contributed by atoms with E-state index in [4.69, 9.17) is 16.3 Å². The van der Waals surface area contributed by atoms with Crippen LogP contribution in [0.3, 0.4) is 0 Å². The molecule has 1 aromatic heterocycles. The molecule has 0 saturated carbocycles. The molecule has 0 saturated heterocycles. The van der Waals surface area contributed by atoms with Gasteiger partial charge in [0.25, 0.3) is 0 Å². The number of nitrogens with zero attached hydrogens (tertiary/aromatic N) is 2. The molecule has 0 radical (unpaired) electrons. The topological polar surface area (TPSA) is 39.1 Å². The molecule has 104 valence electrons. The fourth-order valence-electron chi connectivity index (χ4n) is 1.64. The SMILES string of the molecule is CCC(C)n1ccc(CNCCC(Cl)COC)n1. The minimum Gasteiger partial charge on any atom is -0.383 e. The highest BCUT2D eigenvalue weighted by Gasteiger charge is 2.05. The molecule has 5 heteroatoms. The third-order valence-electron chi connectivity index (χ3n) is 2.99. The van der Waals surface area contributed by atoms with Gasteiger partial charge in [-0.15, -0.1) is 11.6 Å². The molecule has 0 fully saturated rings. The van der Waals surface area contributed by atoms with Crippen LogP contribution in [0.4, 0.5) is 0 Å². The van der Waals surface area contributed by atoms with Crippen molar-refractivity contribution in [1.82, 2.24) is 15.1 Å². The smallest absolute Gasteiger partial charge is 0.0762 e. The quantitative estimate of drug-likeness (QED) is 0.555. The van der Waals surface area contributed by atoms with Gasteiger partial charge in [-0.05, 0) is 32.4 Å². The monoisotopic (exact) mass is 273 g/mol. The maximum Gasteiger partial charge on any atom is 0.0762 e. The largest absolute Gasteiger partial charge is 0.383 e. The highest BCUT2D eigenvalue weighted by Crippen LogP contribution is 2.09. The van der Waals surface area contributed by atoms with Crippen molar-refractivity contribution < 1.29 is 4.74 Å². The lowest BCUT2D eigenvalue weighted by Crippen LogP contribution is -2.20. The highest BCUT2D eigenvalue weighted by molar-refractivity contribution is 6.20. The van der Waals surface area contributed by atoms with Crippen molar-refractivity contribution in [1.29, 1.82) is 0 Å². The molecule has 0 aliphatic heterocycles. The van der Waals surface area contributed by atoms with Gasteiger partial charge in [-0.25, -0.2) is 0 Å². The molecule has 1 heterocycles. The van der Waals surface area contributed by atoms with Crippen LogP contribution in [0.5, 0.6) is 0 Å². The summed E-state index contributed by atoms with van der Waals surface area (Å²) in [6, 6.07) is 2.53. The maximum absolute atomic E-state index is 6.04. The summed E-state index contributed by atoms with van der Waals surface area (Å²) < 4.78 is 7.01. The van der Waals surface area contributed by atoms with E-state index >= 15 is 0 Å². The third-order valence-corrected chi connectivity index (χ3v) is 3.34. The van der Waals surface area contributed by atoms with Gasteiger partial charge in [0.2, 0.25) is 0 Å². The van der Waals surface area contributed by atoms with Crippen LogP contribution in [-0.4, -0.2) is 35.4 Å². The summed E-state index contributed by atoms with van der Waals surface area (Å²) in [7, 11) is 1.67. The van der Waals surface area contributed by atoms with Crippen LogP contribution >= 0.6 is 11.6 Å². The molecular weight excluding hydrogens is 250 g/mol. The molecule has 4 nitrogen and oxygen atoms in total. The second kappa shape index (κ2) is 8.51. The first kappa shape index (κ1) is 15.5. The van der Waals surface area contributed by atoms with Crippen molar-refractivity contribution in [3.8, 4) is 0 Å². The number of ether oxygens (including phenoxy) is 1.